The third kappa shape index (κ3) is 4.84. The van der Waals surface area contributed by atoms with E-state index in [0.717, 1.165) is 6.42 Å². The van der Waals surface area contributed by atoms with Gasteiger partial charge in [0.05, 0.1) is 0 Å². The molecule has 1 aromatic carbocycles. The number of benzene rings is 1. The number of halogens is 1. The van der Waals surface area contributed by atoms with Gasteiger partial charge in [0.25, 0.3) is 0 Å². The average Bonchev–Trinajstić information content (AvgIpc) is 2.37. The molecule has 0 saturated heterocycles. The molecule has 1 aromatic rings. The number of carboxylic acids is 1. The summed E-state index contributed by atoms with van der Waals surface area (Å²) in [5.74, 6) is -0.361. The second kappa shape index (κ2) is 7.50. The van der Waals surface area contributed by atoms with E-state index in [9.17, 15) is 14.3 Å². The number of aliphatic carboxylic acids is 1. The summed E-state index contributed by atoms with van der Waals surface area (Å²) in [4.78, 5) is 11.8. The Morgan fingerprint density at radius 3 is 2.74 bits per heavy atom. The number of thioether (sulfide) groups is 1. The van der Waals surface area contributed by atoms with E-state index >= 15 is 0 Å². The number of rotatable bonds is 8. The zero-order valence-electron chi connectivity index (χ0n) is 11.3. The van der Waals surface area contributed by atoms with Crippen molar-refractivity contribution in [2.45, 2.75) is 37.1 Å². The molecule has 5 heteroatoms. The second-order valence-electron chi connectivity index (χ2n) is 4.55. The van der Waals surface area contributed by atoms with Gasteiger partial charge in [0.1, 0.15) is 11.4 Å². The van der Waals surface area contributed by atoms with Crippen LogP contribution in [0, 0.1) is 5.82 Å². The fourth-order valence-corrected chi connectivity index (χ4v) is 2.72. The number of carbonyl (C=O) groups is 1. The van der Waals surface area contributed by atoms with Crippen molar-refractivity contribution in [3.05, 3.63) is 30.1 Å². The van der Waals surface area contributed by atoms with E-state index in [-0.39, 0.29) is 5.82 Å². The smallest absolute Gasteiger partial charge is 0.323 e. The van der Waals surface area contributed by atoms with Crippen LogP contribution in [-0.4, -0.2) is 28.9 Å². The number of hydrogen-bond donors (Lipinski definition) is 2. The van der Waals surface area contributed by atoms with Crippen LogP contribution in [0.5, 0.6) is 0 Å². The molecule has 1 atom stereocenters. The van der Waals surface area contributed by atoms with Crippen LogP contribution in [0.25, 0.3) is 0 Å². The predicted octanol–water partition coefficient (Wildman–Crippen LogP) is 3.15. The lowest BCUT2D eigenvalue weighted by Crippen LogP contribution is -2.49. The number of nitrogens with one attached hydrogen (secondary N) is 1. The summed E-state index contributed by atoms with van der Waals surface area (Å²) >= 11 is 1.42. The van der Waals surface area contributed by atoms with Crippen LogP contribution >= 0.6 is 11.8 Å². The van der Waals surface area contributed by atoms with Gasteiger partial charge in [-0.1, -0.05) is 19.1 Å². The summed E-state index contributed by atoms with van der Waals surface area (Å²) in [6.07, 6.45) is 1.24. The van der Waals surface area contributed by atoms with Crippen molar-refractivity contribution < 1.29 is 14.3 Å². The second-order valence-corrected chi connectivity index (χ2v) is 5.69. The van der Waals surface area contributed by atoms with Crippen LogP contribution < -0.4 is 5.32 Å². The molecule has 0 spiro atoms. The Morgan fingerprint density at radius 1 is 1.47 bits per heavy atom. The predicted molar refractivity (Wildman–Crippen MR) is 76.1 cm³/mol. The van der Waals surface area contributed by atoms with Gasteiger partial charge in [0.15, 0.2) is 0 Å². The Kier molecular flexibility index (Phi) is 6.31. The minimum Gasteiger partial charge on any atom is -0.480 e. The highest BCUT2D eigenvalue weighted by atomic mass is 32.2. The van der Waals surface area contributed by atoms with Crippen molar-refractivity contribution in [2.75, 3.05) is 12.3 Å². The molecule has 1 unspecified atom stereocenters. The average molecular weight is 285 g/mol. The van der Waals surface area contributed by atoms with Gasteiger partial charge >= 0.3 is 5.97 Å². The normalized spacial score (nSPS) is 14.1. The van der Waals surface area contributed by atoms with Crippen molar-refractivity contribution in [1.29, 1.82) is 0 Å². The summed E-state index contributed by atoms with van der Waals surface area (Å²) in [6.45, 7) is 4.19. The van der Waals surface area contributed by atoms with Crippen molar-refractivity contribution >= 4 is 17.7 Å². The molecule has 19 heavy (non-hydrogen) atoms. The maximum Gasteiger partial charge on any atom is 0.323 e. The fraction of sp³-hybridized carbons (Fsp3) is 0.500. The topological polar surface area (TPSA) is 49.3 Å². The van der Waals surface area contributed by atoms with Gasteiger partial charge < -0.3 is 10.4 Å². The number of carboxylic acid groups (broad SMARTS) is 1. The third-order valence-corrected chi connectivity index (χ3v) is 4.09. The van der Waals surface area contributed by atoms with Crippen LogP contribution in [0.15, 0.2) is 29.2 Å². The monoisotopic (exact) mass is 285 g/mol. The summed E-state index contributed by atoms with van der Waals surface area (Å²) in [7, 11) is 0. The molecular formula is C14H20FNO2S. The van der Waals surface area contributed by atoms with Crippen LogP contribution in [-0.2, 0) is 4.79 Å². The molecule has 0 heterocycles. The molecule has 0 bridgehead atoms. The summed E-state index contributed by atoms with van der Waals surface area (Å²) in [5, 5.41) is 12.2. The first-order valence-corrected chi connectivity index (χ1v) is 7.34. The molecule has 0 aliphatic heterocycles. The fourth-order valence-electron chi connectivity index (χ4n) is 1.83. The summed E-state index contributed by atoms with van der Waals surface area (Å²) in [6, 6.07) is 6.63. The van der Waals surface area contributed by atoms with Crippen molar-refractivity contribution in [2.24, 2.45) is 0 Å². The van der Waals surface area contributed by atoms with E-state index in [2.05, 4.69) is 5.32 Å². The van der Waals surface area contributed by atoms with Crippen molar-refractivity contribution in [1.82, 2.24) is 5.32 Å². The van der Waals surface area contributed by atoms with Gasteiger partial charge in [0.2, 0.25) is 0 Å². The molecule has 0 fully saturated rings. The number of likely N-dealkylation sites (N-methyl/N-ethyl adjacent to an activating group) is 1. The van der Waals surface area contributed by atoms with Gasteiger partial charge in [-0.25, -0.2) is 4.39 Å². The Labute approximate surface area is 117 Å². The maximum absolute atomic E-state index is 13.4. The maximum atomic E-state index is 13.4. The third-order valence-electron chi connectivity index (χ3n) is 2.95. The molecule has 0 aliphatic rings. The summed E-state index contributed by atoms with van der Waals surface area (Å²) in [5.41, 5.74) is -0.898. The van der Waals surface area contributed by atoms with E-state index < -0.39 is 11.5 Å². The van der Waals surface area contributed by atoms with E-state index in [0.29, 0.717) is 23.6 Å². The quantitative estimate of drug-likeness (QED) is 0.569. The minimum absolute atomic E-state index is 0.222. The standard InChI is InChI=1S/C14H20FNO2S/c1-3-16-14(2,13(17)18)9-6-10-19-12-8-5-4-7-11(12)15/h4-5,7-8,16H,3,6,9-10H2,1-2H3,(H,17,18). The molecule has 0 saturated carbocycles. The highest BCUT2D eigenvalue weighted by molar-refractivity contribution is 7.99. The Balaban J connectivity index is 2.41. The first-order chi connectivity index (χ1) is 8.99. The highest BCUT2D eigenvalue weighted by Gasteiger charge is 2.31. The molecule has 106 valence electrons. The first kappa shape index (κ1) is 16.0. The largest absolute Gasteiger partial charge is 0.480 e. The van der Waals surface area contributed by atoms with Gasteiger partial charge in [-0.05, 0) is 44.2 Å². The van der Waals surface area contributed by atoms with E-state index in [1.165, 1.54) is 17.8 Å². The lowest BCUT2D eigenvalue weighted by atomic mass is 9.96. The Hall–Kier alpha value is -1.07. The minimum atomic E-state index is -0.898. The Morgan fingerprint density at radius 2 is 2.16 bits per heavy atom. The molecule has 0 aromatic heterocycles. The van der Waals surface area contributed by atoms with Crippen molar-refractivity contribution in [3.8, 4) is 0 Å². The lowest BCUT2D eigenvalue weighted by Gasteiger charge is -2.25. The molecular weight excluding hydrogens is 265 g/mol. The highest BCUT2D eigenvalue weighted by Crippen LogP contribution is 2.23. The molecule has 0 radical (unpaired) electrons. The van der Waals surface area contributed by atoms with Crippen LogP contribution in [0.4, 0.5) is 4.39 Å². The van der Waals surface area contributed by atoms with E-state index in [1.54, 1.807) is 25.1 Å². The summed E-state index contributed by atoms with van der Waals surface area (Å²) < 4.78 is 13.4. The lowest BCUT2D eigenvalue weighted by molar-refractivity contribution is -0.144. The van der Waals surface area contributed by atoms with Gasteiger partial charge in [0, 0.05) is 4.90 Å². The zero-order chi connectivity index (χ0) is 14.3. The molecule has 2 N–H and O–H groups in total. The van der Waals surface area contributed by atoms with Gasteiger partial charge in [-0.15, -0.1) is 11.8 Å². The van der Waals surface area contributed by atoms with Crippen LogP contribution in [0.1, 0.15) is 26.7 Å². The first-order valence-electron chi connectivity index (χ1n) is 6.35. The van der Waals surface area contributed by atoms with Crippen molar-refractivity contribution in [3.63, 3.8) is 0 Å². The Bertz CT molecular complexity index is 428. The SMILES string of the molecule is CCNC(C)(CCCSc1ccccc1F)C(=O)O. The van der Waals surface area contributed by atoms with Crippen LogP contribution in [0.2, 0.25) is 0 Å². The zero-order valence-corrected chi connectivity index (χ0v) is 12.1. The van der Waals surface area contributed by atoms with E-state index in [1.807, 2.05) is 6.92 Å². The van der Waals surface area contributed by atoms with Gasteiger partial charge in [-0.3, -0.25) is 4.79 Å². The molecule has 0 aliphatic carbocycles. The van der Waals surface area contributed by atoms with Crippen LogP contribution in [0.3, 0.4) is 0 Å². The number of hydrogen-bond acceptors (Lipinski definition) is 3. The molecule has 3 nitrogen and oxygen atoms in total. The van der Waals surface area contributed by atoms with Gasteiger partial charge in [-0.2, -0.15) is 0 Å². The van der Waals surface area contributed by atoms with E-state index in [4.69, 9.17) is 0 Å². The molecule has 1 rings (SSSR count). The molecule has 0 amide bonds.